The number of aromatic nitrogens is 1. The highest BCUT2D eigenvalue weighted by molar-refractivity contribution is 7.95. The topological polar surface area (TPSA) is 97.4 Å². The highest BCUT2D eigenvalue weighted by atomic mass is 32.2. The molecule has 0 aliphatic heterocycles. The number of anilines is 1. The van der Waals surface area contributed by atoms with E-state index in [2.05, 4.69) is 15.0 Å². The minimum absolute atomic E-state index is 0.268. The summed E-state index contributed by atoms with van der Waals surface area (Å²) in [6, 6.07) is 19.0. The number of sulfonamides is 1. The predicted molar refractivity (Wildman–Crippen MR) is 126 cm³/mol. The molecule has 0 fully saturated rings. The first-order valence-electron chi connectivity index (χ1n) is 10.2. The number of hydrogen-bond donors (Lipinski definition) is 2. The molecular formula is C24H25N3O4S. The van der Waals surface area contributed by atoms with Crippen molar-refractivity contribution in [2.75, 3.05) is 11.3 Å². The smallest absolute Gasteiger partial charge is 0.255 e. The fraction of sp³-hybridized carbons (Fsp3) is 0.167. The summed E-state index contributed by atoms with van der Waals surface area (Å²) in [7, 11) is -3.68. The molecule has 1 heterocycles. The van der Waals surface area contributed by atoms with E-state index in [4.69, 9.17) is 4.74 Å². The molecule has 8 heteroatoms. The lowest BCUT2D eigenvalue weighted by molar-refractivity contribution is 0.0950. The van der Waals surface area contributed by atoms with Crippen molar-refractivity contribution in [3.05, 3.63) is 95.0 Å². The lowest BCUT2D eigenvalue weighted by Crippen LogP contribution is -2.23. The van der Waals surface area contributed by atoms with Crippen LogP contribution in [0.15, 0.2) is 78.3 Å². The second-order valence-electron chi connectivity index (χ2n) is 6.94. The van der Waals surface area contributed by atoms with Gasteiger partial charge >= 0.3 is 0 Å². The molecule has 7 nitrogen and oxygen atoms in total. The van der Waals surface area contributed by atoms with Crippen LogP contribution in [0.3, 0.4) is 0 Å². The third kappa shape index (κ3) is 6.95. The van der Waals surface area contributed by atoms with Gasteiger partial charge in [0.2, 0.25) is 5.88 Å². The van der Waals surface area contributed by atoms with Crippen LogP contribution in [0.4, 0.5) is 5.69 Å². The molecule has 2 aromatic carbocycles. The molecule has 0 aliphatic carbocycles. The Kier molecular flexibility index (Phi) is 7.99. The largest absolute Gasteiger partial charge is 0.477 e. The maximum absolute atomic E-state index is 12.5. The lowest BCUT2D eigenvalue weighted by Gasteiger charge is -2.11. The predicted octanol–water partition coefficient (Wildman–Crippen LogP) is 4.21. The van der Waals surface area contributed by atoms with Gasteiger partial charge in [-0.1, -0.05) is 43.3 Å². The van der Waals surface area contributed by atoms with E-state index in [1.54, 1.807) is 36.5 Å². The molecule has 3 aromatic rings. The van der Waals surface area contributed by atoms with Crippen molar-refractivity contribution in [1.29, 1.82) is 0 Å². The van der Waals surface area contributed by atoms with Gasteiger partial charge in [0.25, 0.3) is 15.9 Å². The Bertz CT molecular complexity index is 1160. The number of carbonyl (C=O) groups is 1. The summed E-state index contributed by atoms with van der Waals surface area (Å²) in [5, 5.41) is 3.94. The molecule has 0 bridgehead atoms. The number of ether oxygens (including phenoxy) is 1. The molecule has 0 saturated carbocycles. The Morgan fingerprint density at radius 1 is 1.03 bits per heavy atom. The highest BCUT2D eigenvalue weighted by Gasteiger charge is 2.10. The summed E-state index contributed by atoms with van der Waals surface area (Å²) < 4.78 is 32.6. The van der Waals surface area contributed by atoms with Crippen LogP contribution >= 0.6 is 0 Å². The molecular weight excluding hydrogens is 426 g/mol. The van der Waals surface area contributed by atoms with Gasteiger partial charge in [-0.2, -0.15) is 0 Å². The number of nitrogens with one attached hydrogen (secondary N) is 2. The first-order valence-corrected chi connectivity index (χ1v) is 11.7. The molecule has 32 heavy (non-hydrogen) atoms. The van der Waals surface area contributed by atoms with E-state index in [9.17, 15) is 13.2 Å². The van der Waals surface area contributed by atoms with Crippen molar-refractivity contribution in [2.24, 2.45) is 0 Å². The van der Waals surface area contributed by atoms with E-state index in [-0.39, 0.29) is 12.5 Å². The lowest BCUT2D eigenvalue weighted by atomic mass is 10.2. The summed E-state index contributed by atoms with van der Waals surface area (Å²) in [6.07, 6.45) is 4.02. The molecule has 0 radical (unpaired) electrons. The summed E-state index contributed by atoms with van der Waals surface area (Å²) in [6.45, 7) is 2.83. The number of hydrogen-bond acceptors (Lipinski definition) is 5. The normalized spacial score (nSPS) is 11.3. The molecule has 2 N–H and O–H groups in total. The molecule has 1 amide bonds. The van der Waals surface area contributed by atoms with Gasteiger partial charge in [-0.05, 0) is 48.4 Å². The van der Waals surface area contributed by atoms with Gasteiger partial charge in [0.15, 0.2) is 0 Å². The van der Waals surface area contributed by atoms with Gasteiger partial charge in [0.05, 0.1) is 12.0 Å². The quantitative estimate of drug-likeness (QED) is 0.481. The fourth-order valence-electron chi connectivity index (χ4n) is 2.79. The van der Waals surface area contributed by atoms with Crippen LogP contribution in [0.2, 0.25) is 0 Å². The van der Waals surface area contributed by atoms with Crippen LogP contribution < -0.4 is 14.8 Å². The van der Waals surface area contributed by atoms with Crippen LogP contribution in [-0.4, -0.2) is 25.9 Å². The molecule has 3 rings (SSSR count). The minimum atomic E-state index is -3.68. The summed E-state index contributed by atoms with van der Waals surface area (Å²) >= 11 is 0. The van der Waals surface area contributed by atoms with Crippen molar-refractivity contribution in [3.8, 4) is 5.88 Å². The molecule has 0 aliphatic rings. The summed E-state index contributed by atoms with van der Waals surface area (Å²) in [5.41, 5.74) is 2.33. The van der Waals surface area contributed by atoms with Gasteiger partial charge in [0, 0.05) is 29.6 Å². The molecule has 0 unspecified atom stereocenters. The van der Waals surface area contributed by atoms with Gasteiger partial charge in [-0.15, -0.1) is 0 Å². The third-order valence-electron chi connectivity index (χ3n) is 4.38. The second-order valence-corrected chi connectivity index (χ2v) is 8.50. The van der Waals surface area contributed by atoms with E-state index in [0.717, 1.165) is 23.0 Å². The monoisotopic (exact) mass is 451 g/mol. The number of rotatable bonds is 10. The number of pyridine rings is 1. The van der Waals surface area contributed by atoms with Crippen molar-refractivity contribution in [1.82, 2.24) is 10.3 Å². The molecule has 166 valence electrons. The third-order valence-corrected chi connectivity index (χ3v) is 5.39. The van der Waals surface area contributed by atoms with E-state index < -0.39 is 10.0 Å². The zero-order chi connectivity index (χ0) is 22.8. The Labute approximate surface area is 188 Å². The number of amides is 1. The van der Waals surface area contributed by atoms with Gasteiger partial charge in [0.1, 0.15) is 0 Å². The standard InChI is InChI=1S/C24H25N3O4S/c1-2-16-31-24-21(9-6-15-25-24)18-26-23(28)20-10-12-22(13-11-20)27-32(29,30)17-14-19-7-4-3-5-8-19/h3-15,17,27H,2,16,18H2,1H3,(H,26,28)/b17-14+. The van der Waals surface area contributed by atoms with Crippen LogP contribution in [0.1, 0.15) is 34.8 Å². The van der Waals surface area contributed by atoms with Gasteiger partial charge < -0.3 is 10.1 Å². The highest BCUT2D eigenvalue weighted by Crippen LogP contribution is 2.16. The molecule has 0 spiro atoms. The maximum Gasteiger partial charge on any atom is 0.255 e. The van der Waals surface area contributed by atoms with E-state index in [1.165, 1.54) is 6.08 Å². The molecule has 0 atom stereocenters. The maximum atomic E-state index is 12.5. The summed E-state index contributed by atoms with van der Waals surface area (Å²) in [4.78, 5) is 16.7. The van der Waals surface area contributed by atoms with Crippen molar-refractivity contribution in [3.63, 3.8) is 0 Å². The molecule has 1 aromatic heterocycles. The zero-order valence-corrected chi connectivity index (χ0v) is 18.5. The first kappa shape index (κ1) is 23.0. The van der Waals surface area contributed by atoms with Crippen LogP contribution in [0.5, 0.6) is 5.88 Å². The number of benzene rings is 2. The Morgan fingerprint density at radius 2 is 1.78 bits per heavy atom. The second kappa shape index (κ2) is 11.1. The minimum Gasteiger partial charge on any atom is -0.477 e. The Balaban J connectivity index is 1.58. The number of carbonyl (C=O) groups excluding carboxylic acids is 1. The van der Waals surface area contributed by atoms with Gasteiger partial charge in [-0.25, -0.2) is 13.4 Å². The Hall–Kier alpha value is -3.65. The Morgan fingerprint density at radius 3 is 2.50 bits per heavy atom. The van der Waals surface area contributed by atoms with Gasteiger partial charge in [-0.3, -0.25) is 9.52 Å². The SMILES string of the molecule is CCCOc1ncccc1CNC(=O)c1ccc(NS(=O)(=O)/C=C/c2ccccc2)cc1. The summed E-state index contributed by atoms with van der Waals surface area (Å²) in [5.74, 6) is 0.219. The first-order chi connectivity index (χ1) is 15.5. The molecule has 0 saturated heterocycles. The average Bonchev–Trinajstić information content (AvgIpc) is 2.81. The van der Waals surface area contributed by atoms with Crippen molar-refractivity contribution >= 4 is 27.7 Å². The average molecular weight is 452 g/mol. The van der Waals surface area contributed by atoms with E-state index >= 15 is 0 Å². The van der Waals surface area contributed by atoms with Crippen LogP contribution in [-0.2, 0) is 16.6 Å². The zero-order valence-electron chi connectivity index (χ0n) is 17.7. The fourth-order valence-corrected chi connectivity index (χ4v) is 3.65. The van der Waals surface area contributed by atoms with Crippen LogP contribution in [0, 0.1) is 0 Å². The van der Waals surface area contributed by atoms with Crippen LogP contribution in [0.25, 0.3) is 6.08 Å². The van der Waals surface area contributed by atoms with Crippen molar-refractivity contribution < 1.29 is 17.9 Å². The van der Waals surface area contributed by atoms with Crippen molar-refractivity contribution in [2.45, 2.75) is 19.9 Å². The van der Waals surface area contributed by atoms with E-state index in [1.807, 2.05) is 43.3 Å². The number of nitrogens with zero attached hydrogens (tertiary/aromatic N) is 1. The van der Waals surface area contributed by atoms with E-state index in [0.29, 0.717) is 23.7 Å².